The van der Waals surface area contributed by atoms with E-state index in [4.69, 9.17) is 16.7 Å². The molecule has 1 atom stereocenters. The zero-order chi connectivity index (χ0) is 14.8. The van der Waals surface area contributed by atoms with Crippen molar-refractivity contribution >= 4 is 33.6 Å². The molecule has 110 valence electrons. The van der Waals surface area contributed by atoms with Crippen LogP contribution >= 0.6 is 11.6 Å². The molecule has 0 bridgehead atoms. The van der Waals surface area contributed by atoms with E-state index in [-0.39, 0.29) is 12.4 Å². The number of carboxylic acids is 1. The van der Waals surface area contributed by atoms with Gasteiger partial charge in [0.05, 0.1) is 5.92 Å². The van der Waals surface area contributed by atoms with E-state index < -0.39 is 22.1 Å². The summed E-state index contributed by atoms with van der Waals surface area (Å²) < 4.78 is 27.8. The second-order valence-corrected chi connectivity index (χ2v) is 6.61. The summed E-state index contributed by atoms with van der Waals surface area (Å²) in [6.45, 7) is 0.255. The predicted molar refractivity (Wildman–Crippen MR) is 73.7 cm³/mol. The molecule has 0 spiro atoms. The average molecular weight is 320 g/mol. The Morgan fingerprint density at radius 1 is 1.55 bits per heavy atom. The highest BCUT2D eigenvalue weighted by molar-refractivity contribution is 7.90. The number of halogens is 1. The van der Waals surface area contributed by atoms with E-state index in [0.717, 1.165) is 4.31 Å². The second-order valence-electron chi connectivity index (χ2n) is 4.50. The number of hydrogen-bond donors (Lipinski definition) is 2. The highest BCUT2D eigenvalue weighted by atomic mass is 35.5. The summed E-state index contributed by atoms with van der Waals surface area (Å²) in [7, 11) is -3.82. The van der Waals surface area contributed by atoms with Gasteiger partial charge in [-0.05, 0) is 18.9 Å². The second kappa shape index (κ2) is 5.94. The number of rotatable bonds is 4. The van der Waals surface area contributed by atoms with Crippen molar-refractivity contribution in [3.05, 3.63) is 23.4 Å². The molecule has 0 aromatic carbocycles. The maximum atomic E-state index is 12.2. The highest BCUT2D eigenvalue weighted by Crippen LogP contribution is 2.21. The van der Waals surface area contributed by atoms with E-state index in [0.29, 0.717) is 24.4 Å². The number of aliphatic carboxylic acids is 1. The molecular weight excluding hydrogens is 306 g/mol. The van der Waals surface area contributed by atoms with Crippen LogP contribution in [-0.2, 0) is 15.0 Å². The minimum Gasteiger partial charge on any atom is -0.481 e. The topological polar surface area (TPSA) is 99.6 Å². The summed E-state index contributed by atoms with van der Waals surface area (Å²) in [5, 5.41) is 9.34. The summed E-state index contributed by atoms with van der Waals surface area (Å²) in [6.07, 6.45) is 2.38. The van der Waals surface area contributed by atoms with Crippen molar-refractivity contribution in [2.75, 3.05) is 17.8 Å². The van der Waals surface area contributed by atoms with Crippen molar-refractivity contribution in [3.8, 4) is 0 Å². The van der Waals surface area contributed by atoms with E-state index in [2.05, 4.69) is 9.71 Å². The third-order valence-electron chi connectivity index (χ3n) is 3.03. The Kier molecular flexibility index (Phi) is 4.46. The zero-order valence-electron chi connectivity index (χ0n) is 10.5. The number of carboxylic acid groups (broad SMARTS) is 1. The maximum Gasteiger partial charge on any atom is 0.307 e. The van der Waals surface area contributed by atoms with Crippen molar-refractivity contribution in [2.45, 2.75) is 12.8 Å². The Balaban J connectivity index is 2.12. The van der Waals surface area contributed by atoms with Gasteiger partial charge in [0.2, 0.25) is 0 Å². The molecule has 1 aromatic rings. The summed E-state index contributed by atoms with van der Waals surface area (Å²) in [6, 6.07) is 2.92. The third-order valence-corrected chi connectivity index (χ3v) is 4.74. The number of carbonyl (C=O) groups is 1. The first-order chi connectivity index (χ1) is 9.38. The number of hydrogen-bond acceptors (Lipinski definition) is 4. The quantitative estimate of drug-likeness (QED) is 0.868. The zero-order valence-corrected chi connectivity index (χ0v) is 12.1. The lowest BCUT2D eigenvalue weighted by Crippen LogP contribution is -2.44. The van der Waals surface area contributed by atoms with Gasteiger partial charge in [-0.15, -0.1) is 0 Å². The van der Waals surface area contributed by atoms with Gasteiger partial charge in [-0.2, -0.15) is 12.7 Å². The van der Waals surface area contributed by atoms with Crippen LogP contribution in [0.4, 0.5) is 5.82 Å². The predicted octanol–water partition coefficient (Wildman–Crippen LogP) is 1.19. The fraction of sp³-hybridized carbons (Fsp3) is 0.455. The summed E-state index contributed by atoms with van der Waals surface area (Å²) in [5.41, 5.74) is 0. The molecule has 0 saturated carbocycles. The molecule has 2 N–H and O–H groups in total. The smallest absolute Gasteiger partial charge is 0.307 e. The van der Waals surface area contributed by atoms with Crippen molar-refractivity contribution in [1.82, 2.24) is 9.29 Å². The average Bonchev–Trinajstić information content (AvgIpc) is 2.38. The number of aromatic nitrogens is 1. The van der Waals surface area contributed by atoms with Crippen LogP contribution in [0.15, 0.2) is 18.3 Å². The molecule has 9 heteroatoms. The van der Waals surface area contributed by atoms with E-state index in [1.54, 1.807) is 0 Å². The molecule has 7 nitrogen and oxygen atoms in total. The Bertz CT molecular complexity index is 607. The molecule has 1 aliphatic heterocycles. The molecule has 1 aromatic heterocycles. The first kappa shape index (κ1) is 15.0. The van der Waals surface area contributed by atoms with E-state index in [9.17, 15) is 13.2 Å². The Labute approximate surface area is 121 Å². The third kappa shape index (κ3) is 3.59. The van der Waals surface area contributed by atoms with Gasteiger partial charge in [0.25, 0.3) is 0 Å². The molecule has 2 rings (SSSR count). The van der Waals surface area contributed by atoms with Crippen LogP contribution in [0.2, 0.25) is 5.02 Å². The Morgan fingerprint density at radius 2 is 2.30 bits per heavy atom. The fourth-order valence-electron chi connectivity index (χ4n) is 2.02. The lowest BCUT2D eigenvalue weighted by atomic mass is 10.0. The van der Waals surface area contributed by atoms with Crippen LogP contribution in [0.3, 0.4) is 0 Å². The molecular formula is C11H14ClN3O4S. The fourth-order valence-corrected chi connectivity index (χ4v) is 3.43. The summed E-state index contributed by atoms with van der Waals surface area (Å²) in [5.74, 6) is -1.55. The van der Waals surface area contributed by atoms with Crippen LogP contribution in [0, 0.1) is 5.92 Å². The molecule has 0 aliphatic carbocycles. The minimum atomic E-state index is -3.82. The van der Waals surface area contributed by atoms with Crippen molar-refractivity contribution < 1.29 is 18.3 Å². The van der Waals surface area contributed by atoms with Crippen molar-refractivity contribution in [2.24, 2.45) is 5.92 Å². The lowest BCUT2D eigenvalue weighted by molar-refractivity contribution is -0.142. The molecule has 0 radical (unpaired) electrons. The summed E-state index contributed by atoms with van der Waals surface area (Å²) >= 11 is 5.76. The van der Waals surface area contributed by atoms with Crippen LogP contribution in [-0.4, -0.2) is 41.9 Å². The Hall–Kier alpha value is -1.38. The molecule has 0 amide bonds. The van der Waals surface area contributed by atoms with Gasteiger partial charge in [-0.1, -0.05) is 11.6 Å². The lowest BCUT2D eigenvalue weighted by Gasteiger charge is -2.29. The number of pyridine rings is 1. The van der Waals surface area contributed by atoms with Gasteiger partial charge >= 0.3 is 16.2 Å². The monoisotopic (exact) mass is 319 g/mol. The first-order valence-corrected chi connectivity index (χ1v) is 7.82. The van der Waals surface area contributed by atoms with Gasteiger partial charge in [0.1, 0.15) is 5.82 Å². The van der Waals surface area contributed by atoms with Crippen molar-refractivity contribution in [3.63, 3.8) is 0 Å². The van der Waals surface area contributed by atoms with Crippen LogP contribution < -0.4 is 4.72 Å². The van der Waals surface area contributed by atoms with Gasteiger partial charge < -0.3 is 5.11 Å². The first-order valence-electron chi connectivity index (χ1n) is 6.01. The molecule has 1 saturated heterocycles. The largest absolute Gasteiger partial charge is 0.481 e. The standard InChI is InChI=1S/C11H14ClN3O4S/c12-9-3-4-13-10(6-9)14-20(18,19)15-5-1-2-8(7-15)11(16)17/h3-4,6,8H,1-2,5,7H2,(H,13,14)(H,16,17). The minimum absolute atomic E-state index is 0.0365. The van der Waals surface area contributed by atoms with Crippen LogP contribution in [0.1, 0.15) is 12.8 Å². The Morgan fingerprint density at radius 3 is 2.95 bits per heavy atom. The maximum absolute atomic E-state index is 12.2. The molecule has 1 unspecified atom stereocenters. The summed E-state index contributed by atoms with van der Waals surface area (Å²) in [4.78, 5) is 14.8. The van der Waals surface area contributed by atoms with Gasteiger partial charge in [-0.3, -0.25) is 9.52 Å². The highest BCUT2D eigenvalue weighted by Gasteiger charge is 2.32. The number of nitrogens with zero attached hydrogens (tertiary/aromatic N) is 2. The number of nitrogens with one attached hydrogen (secondary N) is 1. The normalized spacial score (nSPS) is 20.6. The van der Waals surface area contributed by atoms with Gasteiger partial charge in [0, 0.05) is 30.4 Å². The van der Waals surface area contributed by atoms with E-state index in [1.165, 1.54) is 18.3 Å². The van der Waals surface area contributed by atoms with Crippen LogP contribution in [0.5, 0.6) is 0 Å². The van der Waals surface area contributed by atoms with Gasteiger partial charge in [0.15, 0.2) is 0 Å². The molecule has 1 fully saturated rings. The molecule has 1 aliphatic rings. The van der Waals surface area contributed by atoms with E-state index in [1.807, 2.05) is 0 Å². The molecule has 20 heavy (non-hydrogen) atoms. The van der Waals surface area contributed by atoms with Crippen molar-refractivity contribution in [1.29, 1.82) is 0 Å². The number of anilines is 1. The van der Waals surface area contributed by atoms with E-state index >= 15 is 0 Å². The molecule has 2 heterocycles. The number of piperidine rings is 1. The van der Waals surface area contributed by atoms with Crippen LogP contribution in [0.25, 0.3) is 0 Å². The SMILES string of the molecule is O=C(O)C1CCCN(S(=O)(=O)Nc2cc(Cl)ccn2)C1. The van der Waals surface area contributed by atoms with Gasteiger partial charge in [-0.25, -0.2) is 4.98 Å².